The Hall–Kier alpha value is -1.16. The molecular formula is C11H19N3O. The first kappa shape index (κ1) is 11.9. The summed E-state index contributed by atoms with van der Waals surface area (Å²) in [5, 5.41) is 7.93. The summed E-state index contributed by atoms with van der Waals surface area (Å²) < 4.78 is 5.45. The van der Waals surface area contributed by atoms with Crippen LogP contribution in [0.15, 0.2) is 16.6 Å². The Balaban J connectivity index is 2.54. The van der Waals surface area contributed by atoms with E-state index in [9.17, 15) is 0 Å². The van der Waals surface area contributed by atoms with E-state index in [0.717, 1.165) is 25.1 Å². The molecule has 1 rings (SSSR count). The number of aryl methyl sites for hydroxylation is 1. The largest absolute Gasteiger partial charge is 0.424 e. The Morgan fingerprint density at radius 3 is 2.47 bits per heavy atom. The van der Waals surface area contributed by atoms with E-state index in [4.69, 9.17) is 4.42 Å². The number of hydrogen-bond acceptors (Lipinski definition) is 4. The number of hydrogen-bond donors (Lipinski definition) is 0. The molecule has 0 amide bonds. The third-order valence-corrected chi connectivity index (χ3v) is 2.11. The minimum Gasteiger partial charge on any atom is -0.424 e. The van der Waals surface area contributed by atoms with Crippen molar-refractivity contribution in [3.63, 3.8) is 0 Å². The van der Waals surface area contributed by atoms with Gasteiger partial charge in [-0.3, -0.25) is 4.90 Å². The van der Waals surface area contributed by atoms with E-state index in [2.05, 4.69) is 28.6 Å². The number of nitrogens with zero attached hydrogens (tertiary/aromatic N) is 3. The summed E-state index contributed by atoms with van der Waals surface area (Å²) in [4.78, 5) is 2.22. The van der Waals surface area contributed by atoms with Crippen LogP contribution in [0.2, 0.25) is 0 Å². The summed E-state index contributed by atoms with van der Waals surface area (Å²) >= 11 is 0. The Kier molecular flexibility index (Phi) is 4.49. The van der Waals surface area contributed by atoms with Crippen LogP contribution >= 0.6 is 0 Å². The third kappa shape index (κ3) is 3.83. The molecule has 0 aliphatic carbocycles. The van der Waals surface area contributed by atoms with Gasteiger partial charge in [0.05, 0.1) is 6.54 Å². The van der Waals surface area contributed by atoms with Crippen LogP contribution in [0.5, 0.6) is 0 Å². The second kappa shape index (κ2) is 5.66. The van der Waals surface area contributed by atoms with Crippen LogP contribution in [-0.4, -0.2) is 28.2 Å². The highest BCUT2D eigenvalue weighted by atomic mass is 16.4. The van der Waals surface area contributed by atoms with E-state index < -0.39 is 0 Å². The number of rotatable bonds is 6. The average Bonchev–Trinajstić information content (AvgIpc) is 2.64. The van der Waals surface area contributed by atoms with Gasteiger partial charge in [-0.2, -0.15) is 0 Å². The average molecular weight is 209 g/mol. The molecular weight excluding hydrogens is 190 g/mol. The molecule has 0 N–H and O–H groups in total. The number of likely N-dealkylation sites (N-methyl/N-ethyl adjacent to an activating group) is 1. The maximum atomic E-state index is 5.45. The van der Waals surface area contributed by atoms with Crippen LogP contribution in [0.4, 0.5) is 0 Å². The summed E-state index contributed by atoms with van der Waals surface area (Å²) in [5.41, 5.74) is 1.15. The zero-order valence-electron chi connectivity index (χ0n) is 9.79. The van der Waals surface area contributed by atoms with E-state index in [0.29, 0.717) is 18.3 Å². The monoisotopic (exact) mass is 209 g/mol. The first-order valence-corrected chi connectivity index (χ1v) is 5.33. The van der Waals surface area contributed by atoms with Crippen LogP contribution in [0.25, 0.3) is 0 Å². The second-order valence-corrected chi connectivity index (χ2v) is 3.70. The van der Waals surface area contributed by atoms with Crippen molar-refractivity contribution in [2.24, 2.45) is 0 Å². The van der Waals surface area contributed by atoms with Gasteiger partial charge in [0.2, 0.25) is 11.8 Å². The summed E-state index contributed by atoms with van der Waals surface area (Å²) in [7, 11) is 0. The summed E-state index contributed by atoms with van der Waals surface area (Å²) in [6.45, 7) is 12.6. The second-order valence-electron chi connectivity index (χ2n) is 3.70. The van der Waals surface area contributed by atoms with Crippen LogP contribution < -0.4 is 0 Å². The Morgan fingerprint density at radius 2 is 2.00 bits per heavy atom. The molecule has 1 aromatic heterocycles. The topological polar surface area (TPSA) is 42.2 Å². The Bertz CT molecular complexity index is 319. The van der Waals surface area contributed by atoms with Gasteiger partial charge in [0.1, 0.15) is 0 Å². The molecule has 1 heterocycles. The standard InChI is InChI=1S/C11H19N3O/c1-5-10-12-13-11(15-10)8-14(6-2)7-9(3)4/h3,5-8H2,1-2,4H3. The van der Waals surface area contributed by atoms with E-state index >= 15 is 0 Å². The minimum absolute atomic E-state index is 0.690. The van der Waals surface area contributed by atoms with E-state index in [1.807, 2.05) is 13.8 Å². The van der Waals surface area contributed by atoms with Crippen molar-refractivity contribution in [1.29, 1.82) is 0 Å². The molecule has 4 heteroatoms. The van der Waals surface area contributed by atoms with Gasteiger partial charge in [-0.25, -0.2) is 0 Å². The summed E-state index contributed by atoms with van der Waals surface area (Å²) in [6, 6.07) is 0. The predicted octanol–water partition coefficient (Wildman–Crippen LogP) is 2.03. The van der Waals surface area contributed by atoms with Gasteiger partial charge in [0.25, 0.3) is 0 Å². The summed E-state index contributed by atoms with van der Waals surface area (Å²) in [5.74, 6) is 1.39. The molecule has 0 bridgehead atoms. The van der Waals surface area contributed by atoms with Gasteiger partial charge in [-0.15, -0.1) is 10.2 Å². The molecule has 0 atom stereocenters. The van der Waals surface area contributed by atoms with Gasteiger partial charge >= 0.3 is 0 Å². The van der Waals surface area contributed by atoms with E-state index in [-0.39, 0.29) is 0 Å². The predicted molar refractivity (Wildman–Crippen MR) is 59.4 cm³/mol. The SMILES string of the molecule is C=C(C)CN(CC)Cc1nnc(CC)o1. The van der Waals surface area contributed by atoms with Crippen LogP contribution in [0, 0.1) is 0 Å². The van der Waals surface area contributed by atoms with Gasteiger partial charge in [0.15, 0.2) is 0 Å². The molecule has 0 aliphatic heterocycles. The highest BCUT2D eigenvalue weighted by molar-refractivity contribution is 4.92. The Labute approximate surface area is 91.0 Å². The third-order valence-electron chi connectivity index (χ3n) is 2.11. The van der Waals surface area contributed by atoms with Gasteiger partial charge < -0.3 is 4.42 Å². The van der Waals surface area contributed by atoms with Crippen molar-refractivity contribution in [2.75, 3.05) is 13.1 Å². The quantitative estimate of drug-likeness (QED) is 0.672. The van der Waals surface area contributed by atoms with Crippen molar-refractivity contribution >= 4 is 0 Å². The zero-order chi connectivity index (χ0) is 11.3. The fraction of sp³-hybridized carbons (Fsp3) is 0.636. The fourth-order valence-corrected chi connectivity index (χ4v) is 1.35. The molecule has 0 aliphatic rings. The molecule has 0 saturated carbocycles. The van der Waals surface area contributed by atoms with E-state index in [1.54, 1.807) is 0 Å². The van der Waals surface area contributed by atoms with Gasteiger partial charge in [0, 0.05) is 13.0 Å². The van der Waals surface area contributed by atoms with Gasteiger partial charge in [-0.1, -0.05) is 26.0 Å². The van der Waals surface area contributed by atoms with Gasteiger partial charge in [-0.05, 0) is 13.5 Å². The zero-order valence-corrected chi connectivity index (χ0v) is 9.79. The van der Waals surface area contributed by atoms with Crippen molar-refractivity contribution in [3.05, 3.63) is 23.9 Å². The number of aromatic nitrogens is 2. The van der Waals surface area contributed by atoms with Crippen molar-refractivity contribution < 1.29 is 4.42 Å². The van der Waals surface area contributed by atoms with Crippen LogP contribution in [0.3, 0.4) is 0 Å². The smallest absolute Gasteiger partial charge is 0.230 e. The molecule has 15 heavy (non-hydrogen) atoms. The molecule has 4 nitrogen and oxygen atoms in total. The molecule has 84 valence electrons. The maximum Gasteiger partial charge on any atom is 0.230 e. The summed E-state index contributed by atoms with van der Waals surface area (Å²) in [6.07, 6.45) is 0.791. The van der Waals surface area contributed by atoms with Crippen LogP contribution in [0.1, 0.15) is 32.6 Å². The molecule has 0 unspecified atom stereocenters. The van der Waals surface area contributed by atoms with E-state index in [1.165, 1.54) is 0 Å². The van der Waals surface area contributed by atoms with Crippen molar-refractivity contribution in [2.45, 2.75) is 33.7 Å². The normalized spacial score (nSPS) is 10.9. The Morgan fingerprint density at radius 1 is 1.33 bits per heavy atom. The highest BCUT2D eigenvalue weighted by Gasteiger charge is 2.09. The lowest BCUT2D eigenvalue weighted by Crippen LogP contribution is -2.24. The first-order valence-electron chi connectivity index (χ1n) is 5.33. The van der Waals surface area contributed by atoms with Crippen molar-refractivity contribution in [1.82, 2.24) is 15.1 Å². The first-order chi connectivity index (χ1) is 7.15. The minimum atomic E-state index is 0.690. The van der Waals surface area contributed by atoms with Crippen LogP contribution in [-0.2, 0) is 13.0 Å². The molecule has 1 aromatic rings. The molecule has 0 aromatic carbocycles. The molecule has 0 fully saturated rings. The lowest BCUT2D eigenvalue weighted by Gasteiger charge is -2.17. The fourth-order valence-electron chi connectivity index (χ4n) is 1.35. The highest BCUT2D eigenvalue weighted by Crippen LogP contribution is 2.06. The molecule has 0 radical (unpaired) electrons. The molecule has 0 spiro atoms. The maximum absolute atomic E-state index is 5.45. The van der Waals surface area contributed by atoms with Crippen molar-refractivity contribution in [3.8, 4) is 0 Å². The lowest BCUT2D eigenvalue weighted by atomic mass is 10.3. The lowest BCUT2D eigenvalue weighted by molar-refractivity contribution is 0.267. The molecule has 0 saturated heterocycles.